The quantitative estimate of drug-likeness (QED) is 0.788. The fourth-order valence-corrected chi connectivity index (χ4v) is 1.61. The molecule has 4 heteroatoms. The van der Waals surface area contributed by atoms with E-state index in [-0.39, 0.29) is 5.41 Å². The van der Waals surface area contributed by atoms with E-state index in [0.29, 0.717) is 0 Å². The van der Waals surface area contributed by atoms with Gasteiger partial charge < -0.3 is 10.6 Å². The van der Waals surface area contributed by atoms with Crippen molar-refractivity contribution in [2.45, 2.75) is 13.8 Å². The summed E-state index contributed by atoms with van der Waals surface area (Å²) in [6.45, 7) is 6.17. The van der Waals surface area contributed by atoms with E-state index in [1.165, 1.54) is 0 Å². The van der Waals surface area contributed by atoms with Gasteiger partial charge in [0.15, 0.2) is 5.96 Å². The lowest BCUT2D eigenvalue weighted by atomic mass is 9.93. The van der Waals surface area contributed by atoms with Crippen molar-refractivity contribution in [1.29, 1.82) is 0 Å². The van der Waals surface area contributed by atoms with E-state index < -0.39 is 0 Å². The van der Waals surface area contributed by atoms with Gasteiger partial charge in [-0.15, -0.1) is 0 Å². The van der Waals surface area contributed by atoms with Gasteiger partial charge in [-0.2, -0.15) is 0 Å². The summed E-state index contributed by atoms with van der Waals surface area (Å²) < 4.78 is 0. The van der Waals surface area contributed by atoms with Gasteiger partial charge in [-0.25, -0.2) is 0 Å². The Hall–Kier alpha value is -1.22. The van der Waals surface area contributed by atoms with Crippen molar-refractivity contribution in [3.63, 3.8) is 0 Å². The van der Waals surface area contributed by atoms with Crippen molar-refractivity contribution in [1.82, 2.24) is 5.32 Å². The highest BCUT2D eigenvalue weighted by atomic mass is 35.5. The van der Waals surface area contributed by atoms with Crippen molar-refractivity contribution >= 4 is 23.2 Å². The predicted octanol–water partition coefficient (Wildman–Crippen LogP) is 2.74. The van der Waals surface area contributed by atoms with Gasteiger partial charge in [0.05, 0.1) is 0 Å². The number of guanidine groups is 1. The minimum Gasteiger partial charge on any atom is -0.356 e. The second kappa shape index (κ2) is 4.34. The molecule has 2 N–H and O–H groups in total. The van der Waals surface area contributed by atoms with E-state index in [1.54, 1.807) is 0 Å². The molecule has 0 saturated heterocycles. The number of nitrogens with zero attached hydrogens (tertiary/aromatic N) is 1. The number of halogens is 1. The first kappa shape index (κ1) is 11.3. The summed E-state index contributed by atoms with van der Waals surface area (Å²) in [5.41, 5.74) is 1.24. The summed E-state index contributed by atoms with van der Waals surface area (Å²) in [7, 11) is 0. The standard InChI is InChI=1S/C12H16ClN3/c1-12(2)7-14-11(15-8-12)16-10-5-3-9(13)4-6-10/h3-6H,7-8H2,1-2H3,(H2,14,15,16). The van der Waals surface area contributed by atoms with Crippen LogP contribution >= 0.6 is 11.6 Å². The molecule has 86 valence electrons. The Morgan fingerprint density at radius 2 is 2.00 bits per heavy atom. The molecule has 2 rings (SSSR count). The van der Waals surface area contributed by atoms with E-state index >= 15 is 0 Å². The predicted molar refractivity (Wildman–Crippen MR) is 69.2 cm³/mol. The third-order valence-corrected chi connectivity index (χ3v) is 2.76. The van der Waals surface area contributed by atoms with Gasteiger partial charge in [-0.1, -0.05) is 25.4 Å². The fraction of sp³-hybridized carbons (Fsp3) is 0.417. The first-order chi connectivity index (χ1) is 7.55. The molecule has 3 nitrogen and oxygen atoms in total. The zero-order valence-electron chi connectivity index (χ0n) is 9.55. The van der Waals surface area contributed by atoms with Crippen LogP contribution in [-0.2, 0) is 0 Å². The molecule has 0 aliphatic carbocycles. The van der Waals surface area contributed by atoms with Gasteiger partial charge in [0, 0.05) is 29.2 Å². The average molecular weight is 238 g/mol. The molecule has 16 heavy (non-hydrogen) atoms. The fourth-order valence-electron chi connectivity index (χ4n) is 1.48. The van der Waals surface area contributed by atoms with Crippen molar-refractivity contribution in [3.8, 4) is 0 Å². The monoisotopic (exact) mass is 237 g/mol. The Morgan fingerprint density at radius 1 is 1.31 bits per heavy atom. The van der Waals surface area contributed by atoms with Crippen LogP contribution < -0.4 is 10.6 Å². The molecular weight excluding hydrogens is 222 g/mol. The number of benzene rings is 1. The summed E-state index contributed by atoms with van der Waals surface area (Å²) in [6, 6.07) is 7.59. The molecule has 1 heterocycles. The number of hydrogen-bond donors (Lipinski definition) is 2. The zero-order chi connectivity index (χ0) is 11.6. The van der Waals surface area contributed by atoms with Crippen LogP contribution in [0.1, 0.15) is 13.8 Å². The summed E-state index contributed by atoms with van der Waals surface area (Å²) in [5, 5.41) is 7.25. The largest absolute Gasteiger partial charge is 0.356 e. The highest BCUT2D eigenvalue weighted by molar-refractivity contribution is 6.30. The van der Waals surface area contributed by atoms with Gasteiger partial charge in [-0.3, -0.25) is 4.99 Å². The van der Waals surface area contributed by atoms with E-state index in [4.69, 9.17) is 11.6 Å². The smallest absolute Gasteiger partial charge is 0.195 e. The van der Waals surface area contributed by atoms with Crippen LogP contribution in [0.5, 0.6) is 0 Å². The summed E-state index contributed by atoms with van der Waals surface area (Å²) >= 11 is 5.82. The van der Waals surface area contributed by atoms with Crippen molar-refractivity contribution < 1.29 is 0 Å². The van der Waals surface area contributed by atoms with Crippen LogP contribution in [0.25, 0.3) is 0 Å². The lowest BCUT2D eigenvalue weighted by Gasteiger charge is -2.29. The molecule has 0 radical (unpaired) electrons. The highest BCUT2D eigenvalue weighted by Crippen LogP contribution is 2.18. The lowest BCUT2D eigenvalue weighted by molar-refractivity contribution is 0.362. The first-order valence-electron chi connectivity index (χ1n) is 5.36. The summed E-state index contributed by atoms with van der Waals surface area (Å²) in [4.78, 5) is 4.46. The second-order valence-corrected chi connectivity index (χ2v) is 5.25. The third-order valence-electron chi connectivity index (χ3n) is 2.51. The molecule has 0 amide bonds. The molecule has 1 aromatic rings. The molecule has 1 aromatic carbocycles. The minimum absolute atomic E-state index is 0.241. The number of rotatable bonds is 1. The summed E-state index contributed by atoms with van der Waals surface area (Å²) in [5.74, 6) is 0.835. The van der Waals surface area contributed by atoms with Crippen molar-refractivity contribution in [2.24, 2.45) is 10.4 Å². The van der Waals surface area contributed by atoms with E-state index in [2.05, 4.69) is 29.5 Å². The van der Waals surface area contributed by atoms with Gasteiger partial charge in [0.25, 0.3) is 0 Å². The number of anilines is 1. The Balaban J connectivity index is 2.01. The topological polar surface area (TPSA) is 36.4 Å². The van der Waals surface area contributed by atoms with Crippen molar-refractivity contribution in [2.75, 3.05) is 18.4 Å². The maximum absolute atomic E-state index is 5.82. The highest BCUT2D eigenvalue weighted by Gasteiger charge is 2.21. The molecule has 0 unspecified atom stereocenters. The molecule has 1 aliphatic heterocycles. The molecule has 0 saturated carbocycles. The number of aliphatic imine (C=N–C) groups is 1. The van der Waals surface area contributed by atoms with Crippen LogP contribution in [0.2, 0.25) is 5.02 Å². The molecule has 0 atom stereocenters. The maximum Gasteiger partial charge on any atom is 0.195 e. The van der Waals surface area contributed by atoms with E-state index in [1.807, 2.05) is 24.3 Å². The Bertz CT molecular complexity index is 395. The van der Waals surface area contributed by atoms with Crippen LogP contribution in [0.15, 0.2) is 29.3 Å². The normalized spacial score (nSPS) is 18.6. The molecule has 0 aromatic heterocycles. The molecular formula is C12H16ClN3. The van der Waals surface area contributed by atoms with Gasteiger partial charge in [-0.05, 0) is 24.3 Å². The molecule has 1 aliphatic rings. The first-order valence-corrected chi connectivity index (χ1v) is 5.74. The van der Waals surface area contributed by atoms with E-state index in [0.717, 1.165) is 29.8 Å². The van der Waals surface area contributed by atoms with E-state index in [9.17, 15) is 0 Å². The number of hydrogen-bond acceptors (Lipinski definition) is 3. The Labute approximate surface area is 101 Å². The number of nitrogens with one attached hydrogen (secondary N) is 2. The zero-order valence-corrected chi connectivity index (χ0v) is 10.3. The maximum atomic E-state index is 5.82. The van der Waals surface area contributed by atoms with Crippen molar-refractivity contribution in [3.05, 3.63) is 29.3 Å². The molecule has 0 spiro atoms. The van der Waals surface area contributed by atoms with Crippen LogP contribution in [0.4, 0.5) is 5.69 Å². The second-order valence-electron chi connectivity index (χ2n) is 4.81. The molecule has 0 bridgehead atoms. The van der Waals surface area contributed by atoms with Gasteiger partial charge in [0.1, 0.15) is 0 Å². The third kappa shape index (κ3) is 2.89. The van der Waals surface area contributed by atoms with Gasteiger partial charge >= 0.3 is 0 Å². The summed E-state index contributed by atoms with van der Waals surface area (Å²) in [6.07, 6.45) is 0. The minimum atomic E-state index is 0.241. The lowest BCUT2D eigenvalue weighted by Crippen LogP contribution is -2.44. The van der Waals surface area contributed by atoms with Crippen LogP contribution in [0, 0.1) is 5.41 Å². The molecule has 0 fully saturated rings. The van der Waals surface area contributed by atoms with Crippen LogP contribution in [0.3, 0.4) is 0 Å². The SMILES string of the molecule is CC1(C)CN=C(Nc2ccc(Cl)cc2)NC1. The van der Waals surface area contributed by atoms with Crippen LogP contribution in [-0.4, -0.2) is 19.0 Å². The van der Waals surface area contributed by atoms with Gasteiger partial charge in [0.2, 0.25) is 0 Å². The average Bonchev–Trinajstić information content (AvgIpc) is 2.24. The Morgan fingerprint density at radius 3 is 2.56 bits per heavy atom. The Kier molecular flexibility index (Phi) is 3.06.